The fourth-order valence-electron chi connectivity index (χ4n) is 4.19. The molecular weight excluding hydrogens is 450 g/mol. The van der Waals surface area contributed by atoms with Gasteiger partial charge in [-0.05, 0) is 44.8 Å². The molecule has 3 aromatic carbocycles. The Morgan fingerprint density at radius 3 is 1.81 bits per heavy atom. The Morgan fingerprint density at radius 1 is 0.704 bits per heavy atom. The largest absolute Gasteiger partial charge is 3.00 e. The maximum Gasteiger partial charge on any atom is 3.00 e. The normalized spacial score (nSPS) is 14.1. The molecule has 0 nitrogen and oxygen atoms in total. The molecule has 0 unspecified atom stereocenters. The summed E-state index contributed by atoms with van der Waals surface area (Å²) in [6.45, 7) is 9.11. The molecular formula is C24H23Cl2Zr. The predicted octanol–water partition coefficient (Wildman–Crippen LogP) is 1.00. The third-order valence-electron chi connectivity index (χ3n) is 5.84. The van der Waals surface area contributed by atoms with Crippen LogP contribution in [0.1, 0.15) is 39.2 Å². The van der Waals surface area contributed by atoms with Gasteiger partial charge in [0, 0.05) is 0 Å². The van der Waals surface area contributed by atoms with E-state index in [1.807, 2.05) is 0 Å². The summed E-state index contributed by atoms with van der Waals surface area (Å²) in [7, 11) is 0. The van der Waals surface area contributed by atoms with Crippen LogP contribution in [0.4, 0.5) is 0 Å². The minimum atomic E-state index is 0. The minimum absolute atomic E-state index is 0. The zero-order valence-electron chi connectivity index (χ0n) is 16.1. The van der Waals surface area contributed by atoms with E-state index in [1.54, 1.807) is 0 Å². The van der Waals surface area contributed by atoms with E-state index in [9.17, 15) is 0 Å². The fourth-order valence-corrected chi connectivity index (χ4v) is 4.19. The van der Waals surface area contributed by atoms with Crippen molar-refractivity contribution in [2.45, 2.75) is 33.6 Å². The predicted molar refractivity (Wildman–Crippen MR) is 104 cm³/mol. The van der Waals surface area contributed by atoms with Crippen molar-refractivity contribution >= 4 is 10.8 Å². The molecule has 0 heterocycles. The van der Waals surface area contributed by atoms with E-state index in [-0.39, 0.29) is 51.0 Å². The van der Waals surface area contributed by atoms with Crippen molar-refractivity contribution in [3.05, 3.63) is 88.5 Å². The van der Waals surface area contributed by atoms with Crippen LogP contribution in [0, 0.1) is 0 Å². The van der Waals surface area contributed by atoms with Gasteiger partial charge >= 0.3 is 26.2 Å². The zero-order chi connectivity index (χ0) is 16.8. The number of fused-ring (bicyclic) bond motifs is 1. The van der Waals surface area contributed by atoms with E-state index in [0.717, 1.165) is 0 Å². The van der Waals surface area contributed by atoms with Gasteiger partial charge in [0.25, 0.3) is 0 Å². The third-order valence-corrected chi connectivity index (χ3v) is 5.84. The van der Waals surface area contributed by atoms with Crippen LogP contribution in [-0.2, 0) is 26.2 Å². The van der Waals surface area contributed by atoms with Gasteiger partial charge in [-0.2, -0.15) is 0 Å². The summed E-state index contributed by atoms with van der Waals surface area (Å²) in [5.41, 5.74) is 10.0. The van der Waals surface area contributed by atoms with E-state index >= 15 is 0 Å². The standard InChI is InChI=1S/C24H23.2ClH.Zr/c1-15-16(2)18(4)24(17(15)3)23-14-22(19-10-6-5-7-11-19)20-12-8-9-13-21(20)23;;;/h5-14,24H,1-4H3;2*1H;/q-1;;;+3/p-2. The number of benzene rings is 2. The van der Waals surface area contributed by atoms with E-state index < -0.39 is 0 Å². The number of allylic oxidation sites excluding steroid dienone is 4. The van der Waals surface area contributed by atoms with Crippen molar-refractivity contribution in [3.8, 4) is 11.1 Å². The van der Waals surface area contributed by atoms with E-state index in [0.29, 0.717) is 5.92 Å². The van der Waals surface area contributed by atoms with Crippen LogP contribution in [0.15, 0.2) is 83.0 Å². The molecule has 0 atom stereocenters. The van der Waals surface area contributed by atoms with Crippen molar-refractivity contribution in [3.63, 3.8) is 0 Å². The Labute approximate surface area is 194 Å². The van der Waals surface area contributed by atoms with Crippen LogP contribution in [0.3, 0.4) is 0 Å². The maximum atomic E-state index is 2.42. The number of halogens is 2. The summed E-state index contributed by atoms with van der Waals surface area (Å²) in [5, 5.41) is 2.75. The Morgan fingerprint density at radius 2 is 1.22 bits per heavy atom. The van der Waals surface area contributed by atoms with Gasteiger partial charge in [-0.15, -0.1) is 46.2 Å². The zero-order valence-corrected chi connectivity index (χ0v) is 20.1. The molecule has 0 saturated heterocycles. The summed E-state index contributed by atoms with van der Waals surface area (Å²) in [6.07, 6.45) is 0. The first-order valence-corrected chi connectivity index (χ1v) is 8.68. The summed E-state index contributed by atoms with van der Waals surface area (Å²) in [4.78, 5) is 0. The Hall–Kier alpha value is -1.01. The molecule has 27 heavy (non-hydrogen) atoms. The van der Waals surface area contributed by atoms with Crippen molar-refractivity contribution in [1.82, 2.24) is 0 Å². The van der Waals surface area contributed by atoms with Crippen LogP contribution in [-0.4, -0.2) is 0 Å². The van der Waals surface area contributed by atoms with E-state index in [4.69, 9.17) is 0 Å². The first-order valence-electron chi connectivity index (χ1n) is 8.68. The third kappa shape index (κ3) is 3.93. The van der Waals surface area contributed by atoms with Gasteiger partial charge in [0.2, 0.25) is 0 Å². The van der Waals surface area contributed by atoms with Crippen LogP contribution in [0.25, 0.3) is 21.9 Å². The maximum absolute atomic E-state index is 2.42. The molecule has 4 rings (SSSR count). The second-order valence-corrected chi connectivity index (χ2v) is 6.97. The van der Waals surface area contributed by atoms with E-state index in [2.05, 4.69) is 88.4 Å². The molecule has 0 spiro atoms. The second-order valence-electron chi connectivity index (χ2n) is 6.97. The topological polar surface area (TPSA) is 0 Å². The average Bonchev–Trinajstić information content (AvgIpc) is 3.08. The molecule has 0 amide bonds. The van der Waals surface area contributed by atoms with Gasteiger partial charge in [-0.1, -0.05) is 53.1 Å². The smallest absolute Gasteiger partial charge is 1.00 e. The van der Waals surface area contributed by atoms with Crippen LogP contribution < -0.4 is 24.8 Å². The Kier molecular flexibility index (Phi) is 8.42. The summed E-state index contributed by atoms with van der Waals surface area (Å²) >= 11 is 0. The van der Waals surface area contributed by atoms with Gasteiger partial charge in [0.1, 0.15) is 0 Å². The molecule has 3 heteroatoms. The molecule has 1 aliphatic rings. The van der Waals surface area contributed by atoms with Crippen molar-refractivity contribution < 1.29 is 51.0 Å². The first kappa shape index (κ1) is 24.0. The van der Waals surface area contributed by atoms with Crippen LogP contribution >= 0.6 is 0 Å². The summed E-state index contributed by atoms with van der Waals surface area (Å²) in [5.74, 6) is 0.423. The Balaban J connectivity index is 0.00000121. The summed E-state index contributed by atoms with van der Waals surface area (Å²) < 4.78 is 0. The molecule has 3 aromatic rings. The van der Waals surface area contributed by atoms with Crippen LogP contribution in [0.5, 0.6) is 0 Å². The molecule has 137 valence electrons. The van der Waals surface area contributed by atoms with Gasteiger partial charge in [-0.3, -0.25) is 0 Å². The van der Waals surface area contributed by atoms with Crippen molar-refractivity contribution in [1.29, 1.82) is 0 Å². The van der Waals surface area contributed by atoms with Crippen molar-refractivity contribution in [2.75, 3.05) is 0 Å². The second kappa shape index (κ2) is 9.46. The van der Waals surface area contributed by atoms with Gasteiger partial charge in [0.15, 0.2) is 0 Å². The minimum Gasteiger partial charge on any atom is -1.00 e. The molecule has 0 aliphatic heterocycles. The molecule has 0 aromatic heterocycles. The number of hydrogen-bond donors (Lipinski definition) is 0. The number of rotatable bonds is 2. The molecule has 0 N–H and O–H groups in total. The van der Waals surface area contributed by atoms with Crippen LogP contribution in [0.2, 0.25) is 0 Å². The first-order chi connectivity index (χ1) is 11.6. The molecule has 0 saturated carbocycles. The van der Waals surface area contributed by atoms with Gasteiger partial charge < -0.3 is 24.8 Å². The molecule has 1 radical (unpaired) electrons. The number of hydrogen-bond acceptors (Lipinski definition) is 0. The quantitative estimate of drug-likeness (QED) is 0.488. The SMILES string of the molecule is CC1=C(C)C([c-]2cc(-c3ccccc3)c3ccccc32)C(C)=C1C.[Cl-].[Cl-].[Zr+3]. The van der Waals surface area contributed by atoms with E-state index in [1.165, 1.54) is 49.8 Å². The van der Waals surface area contributed by atoms with Gasteiger partial charge in [0.05, 0.1) is 0 Å². The molecule has 0 bridgehead atoms. The van der Waals surface area contributed by atoms with Gasteiger partial charge in [-0.25, -0.2) is 0 Å². The fraction of sp³-hybridized carbons (Fsp3) is 0.208. The van der Waals surface area contributed by atoms with Crippen molar-refractivity contribution in [2.24, 2.45) is 0 Å². The Bertz CT molecular complexity index is 970. The monoisotopic (exact) mass is 471 g/mol. The molecule has 0 fully saturated rings. The average molecular weight is 474 g/mol. The summed E-state index contributed by atoms with van der Waals surface area (Å²) in [6, 6.07) is 22.0. The molecule has 1 aliphatic carbocycles.